The number of hydrogen-bond donors (Lipinski definition) is 0. The van der Waals surface area contributed by atoms with Crippen molar-refractivity contribution < 1.29 is 27.4 Å². The second-order valence-corrected chi connectivity index (χ2v) is 6.42. The summed E-state index contributed by atoms with van der Waals surface area (Å²) in [4.78, 5) is 4.70. The number of pyridine rings is 1. The molecule has 0 unspecified atom stereocenters. The number of hydrogen-bond acceptors (Lipinski definition) is 4. The standard InChI is InChI=1S/C21H26F3NO3/c1-5-7-8-11-27-19-12-14(3)20(25-17(19)6-2)16-10-9-15(13-18(16)26-4)28-21(22,23)24/h9-10,12-13H,5-8,11H2,1-4H3. The van der Waals surface area contributed by atoms with E-state index >= 15 is 0 Å². The molecule has 7 heteroatoms. The van der Waals surface area contributed by atoms with E-state index in [4.69, 9.17) is 14.5 Å². The highest BCUT2D eigenvalue weighted by molar-refractivity contribution is 5.72. The third-order valence-corrected chi connectivity index (χ3v) is 4.25. The van der Waals surface area contributed by atoms with Gasteiger partial charge >= 0.3 is 6.36 Å². The number of aryl methyl sites for hydroxylation is 2. The van der Waals surface area contributed by atoms with Crippen LogP contribution in [0, 0.1) is 6.92 Å². The van der Waals surface area contributed by atoms with Crippen molar-refractivity contribution in [3.8, 4) is 28.5 Å². The van der Waals surface area contributed by atoms with Gasteiger partial charge in [-0.05, 0) is 43.5 Å². The van der Waals surface area contributed by atoms with E-state index < -0.39 is 6.36 Å². The number of alkyl halides is 3. The van der Waals surface area contributed by atoms with Crippen molar-refractivity contribution in [2.75, 3.05) is 13.7 Å². The summed E-state index contributed by atoms with van der Waals surface area (Å²) in [5.74, 6) is 0.671. The van der Waals surface area contributed by atoms with Crippen LogP contribution >= 0.6 is 0 Å². The van der Waals surface area contributed by atoms with E-state index in [0.717, 1.165) is 36.3 Å². The number of unbranched alkanes of at least 4 members (excludes halogenated alkanes) is 2. The number of methoxy groups -OCH3 is 1. The number of aromatic nitrogens is 1. The van der Waals surface area contributed by atoms with Crippen molar-refractivity contribution in [2.45, 2.75) is 52.8 Å². The fourth-order valence-electron chi connectivity index (χ4n) is 2.88. The first-order valence-corrected chi connectivity index (χ1v) is 9.36. The molecule has 0 spiro atoms. The first kappa shape index (κ1) is 21.9. The smallest absolute Gasteiger partial charge is 0.496 e. The van der Waals surface area contributed by atoms with Crippen LogP contribution in [0.3, 0.4) is 0 Å². The normalized spacial score (nSPS) is 11.4. The van der Waals surface area contributed by atoms with Gasteiger partial charge in [-0.3, -0.25) is 0 Å². The van der Waals surface area contributed by atoms with Crippen molar-refractivity contribution in [3.63, 3.8) is 0 Å². The molecule has 0 bridgehead atoms. The second kappa shape index (κ2) is 9.66. The first-order chi connectivity index (χ1) is 13.3. The molecule has 1 heterocycles. The van der Waals surface area contributed by atoms with E-state index in [9.17, 15) is 13.2 Å². The lowest BCUT2D eigenvalue weighted by Gasteiger charge is -2.17. The molecule has 0 saturated heterocycles. The fraction of sp³-hybridized carbons (Fsp3) is 0.476. The molecule has 1 aromatic heterocycles. The van der Waals surface area contributed by atoms with Gasteiger partial charge in [0.05, 0.1) is 25.1 Å². The Morgan fingerprint density at radius 2 is 1.79 bits per heavy atom. The molecule has 1 aromatic carbocycles. The lowest BCUT2D eigenvalue weighted by atomic mass is 10.0. The van der Waals surface area contributed by atoms with E-state index in [-0.39, 0.29) is 11.5 Å². The predicted molar refractivity (Wildman–Crippen MR) is 102 cm³/mol. The Morgan fingerprint density at radius 3 is 2.39 bits per heavy atom. The van der Waals surface area contributed by atoms with Gasteiger partial charge in [0.25, 0.3) is 0 Å². The van der Waals surface area contributed by atoms with Crippen molar-refractivity contribution in [3.05, 3.63) is 35.5 Å². The van der Waals surface area contributed by atoms with Crippen molar-refractivity contribution in [1.82, 2.24) is 4.98 Å². The molecular weight excluding hydrogens is 371 g/mol. The monoisotopic (exact) mass is 397 g/mol. The van der Waals surface area contributed by atoms with Gasteiger partial charge in [-0.2, -0.15) is 0 Å². The maximum absolute atomic E-state index is 12.5. The number of benzene rings is 1. The summed E-state index contributed by atoms with van der Waals surface area (Å²) in [5, 5.41) is 0. The highest BCUT2D eigenvalue weighted by Crippen LogP contribution is 2.37. The molecule has 0 aliphatic rings. The Balaban J connectivity index is 2.36. The van der Waals surface area contributed by atoms with Crippen LogP contribution in [0.4, 0.5) is 13.2 Å². The third-order valence-electron chi connectivity index (χ3n) is 4.25. The Hall–Kier alpha value is -2.44. The highest BCUT2D eigenvalue weighted by Gasteiger charge is 2.31. The molecule has 28 heavy (non-hydrogen) atoms. The van der Waals surface area contributed by atoms with E-state index in [1.807, 2.05) is 19.9 Å². The summed E-state index contributed by atoms with van der Waals surface area (Å²) in [7, 11) is 1.40. The minimum atomic E-state index is -4.76. The zero-order chi connectivity index (χ0) is 20.7. The highest BCUT2D eigenvalue weighted by atomic mass is 19.4. The molecular formula is C21H26F3NO3. The summed E-state index contributed by atoms with van der Waals surface area (Å²) < 4.78 is 52.6. The molecule has 0 aliphatic heterocycles. The predicted octanol–water partition coefficient (Wildman–Crippen LogP) is 6.10. The lowest BCUT2D eigenvalue weighted by Crippen LogP contribution is -2.17. The third kappa shape index (κ3) is 5.78. The quantitative estimate of drug-likeness (QED) is 0.480. The molecule has 0 fully saturated rings. The SMILES string of the molecule is CCCCCOc1cc(C)c(-c2ccc(OC(F)(F)F)cc2OC)nc1CC. The number of halogens is 3. The van der Waals surface area contributed by atoms with Gasteiger partial charge in [-0.25, -0.2) is 4.98 Å². The van der Waals surface area contributed by atoms with Gasteiger partial charge in [-0.1, -0.05) is 26.7 Å². The number of rotatable bonds is 9. The molecule has 4 nitrogen and oxygen atoms in total. The van der Waals surface area contributed by atoms with Crippen LogP contribution in [0.25, 0.3) is 11.3 Å². The van der Waals surface area contributed by atoms with Crippen LogP contribution in [0.2, 0.25) is 0 Å². The molecule has 154 valence electrons. The maximum Gasteiger partial charge on any atom is 0.573 e. The van der Waals surface area contributed by atoms with E-state index in [2.05, 4.69) is 11.7 Å². The molecule has 2 aromatic rings. The molecule has 0 radical (unpaired) electrons. The molecule has 0 aliphatic carbocycles. The number of ether oxygens (including phenoxy) is 3. The summed E-state index contributed by atoms with van der Waals surface area (Å²) in [6.45, 7) is 6.64. The topological polar surface area (TPSA) is 40.6 Å². The maximum atomic E-state index is 12.5. The molecule has 0 atom stereocenters. The Kier molecular flexibility index (Phi) is 7.54. The van der Waals surface area contributed by atoms with Crippen molar-refractivity contribution in [2.24, 2.45) is 0 Å². The summed E-state index contributed by atoms with van der Waals surface area (Å²) in [6, 6.07) is 5.92. The van der Waals surface area contributed by atoms with Gasteiger partial charge in [-0.15, -0.1) is 13.2 Å². The summed E-state index contributed by atoms with van der Waals surface area (Å²) >= 11 is 0. The van der Waals surface area contributed by atoms with Crippen LogP contribution < -0.4 is 14.2 Å². The van der Waals surface area contributed by atoms with Crippen LogP contribution in [0.5, 0.6) is 17.2 Å². The van der Waals surface area contributed by atoms with Gasteiger partial charge in [0.15, 0.2) is 0 Å². The van der Waals surface area contributed by atoms with E-state index in [1.165, 1.54) is 25.3 Å². The van der Waals surface area contributed by atoms with Gasteiger partial charge in [0.1, 0.15) is 17.2 Å². The summed E-state index contributed by atoms with van der Waals surface area (Å²) in [6.07, 6.45) is -0.876. The average molecular weight is 397 g/mol. The largest absolute Gasteiger partial charge is 0.573 e. The van der Waals surface area contributed by atoms with Gasteiger partial charge < -0.3 is 14.2 Å². The van der Waals surface area contributed by atoms with Gasteiger partial charge in [0, 0.05) is 11.6 Å². The zero-order valence-electron chi connectivity index (χ0n) is 16.7. The minimum Gasteiger partial charge on any atom is -0.496 e. The van der Waals surface area contributed by atoms with E-state index in [0.29, 0.717) is 24.3 Å². The Bertz CT molecular complexity index is 791. The molecule has 0 saturated carbocycles. The Morgan fingerprint density at radius 1 is 1.04 bits per heavy atom. The molecule has 2 rings (SSSR count). The Labute approximate surface area is 163 Å². The van der Waals surface area contributed by atoms with Crippen LogP contribution in [-0.2, 0) is 6.42 Å². The lowest BCUT2D eigenvalue weighted by molar-refractivity contribution is -0.274. The zero-order valence-corrected chi connectivity index (χ0v) is 16.7. The van der Waals surface area contributed by atoms with Crippen LogP contribution in [-0.4, -0.2) is 25.1 Å². The van der Waals surface area contributed by atoms with Crippen LogP contribution in [0.15, 0.2) is 24.3 Å². The first-order valence-electron chi connectivity index (χ1n) is 9.36. The minimum absolute atomic E-state index is 0.260. The average Bonchev–Trinajstić information content (AvgIpc) is 2.64. The van der Waals surface area contributed by atoms with E-state index in [1.54, 1.807) is 0 Å². The van der Waals surface area contributed by atoms with Gasteiger partial charge in [0.2, 0.25) is 0 Å². The second-order valence-electron chi connectivity index (χ2n) is 6.42. The fourth-order valence-corrected chi connectivity index (χ4v) is 2.88. The molecule has 0 N–H and O–H groups in total. The molecule has 0 amide bonds. The van der Waals surface area contributed by atoms with Crippen molar-refractivity contribution in [1.29, 1.82) is 0 Å². The van der Waals surface area contributed by atoms with Crippen LogP contribution in [0.1, 0.15) is 44.4 Å². The number of nitrogens with zero attached hydrogens (tertiary/aromatic N) is 1. The summed E-state index contributed by atoms with van der Waals surface area (Å²) in [5.41, 5.74) is 2.90. The van der Waals surface area contributed by atoms with Crippen molar-refractivity contribution >= 4 is 0 Å².